The molecule has 1 aliphatic heterocycles. The molecular formula is C11H9F3N2O4S. The molecule has 1 unspecified atom stereocenters. The fourth-order valence-electron chi connectivity index (χ4n) is 1.95. The minimum absolute atomic E-state index is 0.466. The van der Waals surface area contributed by atoms with E-state index >= 15 is 0 Å². The highest BCUT2D eigenvalue weighted by Gasteiger charge is 2.66. The predicted octanol–water partition coefficient (Wildman–Crippen LogP) is -0.0657. The molecule has 21 heavy (non-hydrogen) atoms. The standard InChI is InChI=1S/C11H9F3N2O4S/c1-2-10(13)7(19)11(14,4-17)20-8(10)16-3-5(12)6(18)15-9(16)21/h1,3,7-8,17,19H,4H2,(H,15,18,21)/t7-,8-,10?,11-/m1/s1. The number of aromatic amines is 1. The Hall–Kier alpha value is -1.67. The molecule has 0 amide bonds. The summed E-state index contributed by atoms with van der Waals surface area (Å²) in [6, 6.07) is 0. The number of aromatic nitrogens is 2. The summed E-state index contributed by atoms with van der Waals surface area (Å²) in [5.74, 6) is -3.03. The van der Waals surface area contributed by atoms with Gasteiger partial charge < -0.3 is 14.9 Å². The Balaban J connectivity index is 2.64. The Kier molecular flexibility index (Phi) is 3.71. The highest BCUT2D eigenvalue weighted by molar-refractivity contribution is 7.71. The number of hydrogen-bond acceptors (Lipinski definition) is 5. The van der Waals surface area contributed by atoms with Crippen LogP contribution in [0.5, 0.6) is 0 Å². The Morgan fingerprint density at radius 3 is 2.76 bits per heavy atom. The van der Waals surface area contributed by atoms with Gasteiger partial charge in [0, 0.05) is 0 Å². The molecular weight excluding hydrogens is 313 g/mol. The van der Waals surface area contributed by atoms with E-state index in [0.717, 1.165) is 0 Å². The van der Waals surface area contributed by atoms with E-state index in [9.17, 15) is 23.1 Å². The number of ether oxygens (including phenoxy) is 1. The average Bonchev–Trinajstić information content (AvgIpc) is 2.66. The Morgan fingerprint density at radius 1 is 1.62 bits per heavy atom. The number of rotatable bonds is 2. The maximum Gasteiger partial charge on any atom is 0.287 e. The third-order valence-electron chi connectivity index (χ3n) is 3.09. The van der Waals surface area contributed by atoms with Crippen LogP contribution in [-0.2, 0) is 4.74 Å². The topological polar surface area (TPSA) is 87.5 Å². The quantitative estimate of drug-likeness (QED) is 0.524. The summed E-state index contributed by atoms with van der Waals surface area (Å²) in [4.78, 5) is 12.9. The molecule has 2 heterocycles. The lowest BCUT2D eigenvalue weighted by Crippen LogP contribution is -2.47. The van der Waals surface area contributed by atoms with Gasteiger partial charge in [-0.3, -0.25) is 14.3 Å². The fraction of sp³-hybridized carbons (Fsp3) is 0.455. The van der Waals surface area contributed by atoms with Gasteiger partial charge in [0.15, 0.2) is 17.1 Å². The zero-order valence-corrected chi connectivity index (χ0v) is 11.0. The van der Waals surface area contributed by atoms with E-state index in [1.54, 1.807) is 0 Å². The fourth-order valence-corrected chi connectivity index (χ4v) is 2.19. The highest BCUT2D eigenvalue weighted by Crippen LogP contribution is 2.47. The summed E-state index contributed by atoms with van der Waals surface area (Å²) in [6.45, 7) is -1.39. The van der Waals surface area contributed by atoms with Crippen molar-refractivity contribution in [3.8, 4) is 12.3 Å². The van der Waals surface area contributed by atoms with Crippen LogP contribution in [0.25, 0.3) is 0 Å². The predicted molar refractivity (Wildman–Crippen MR) is 65.6 cm³/mol. The normalized spacial score (nSPS) is 35.6. The first-order chi connectivity index (χ1) is 9.69. The number of aliphatic hydroxyl groups is 2. The molecule has 0 aromatic carbocycles. The van der Waals surface area contributed by atoms with Crippen LogP contribution in [0.4, 0.5) is 13.2 Å². The van der Waals surface area contributed by atoms with Crippen molar-refractivity contribution < 1.29 is 28.1 Å². The number of terminal acetylenes is 1. The molecule has 1 aromatic rings. The van der Waals surface area contributed by atoms with Crippen LogP contribution in [0.2, 0.25) is 0 Å². The summed E-state index contributed by atoms with van der Waals surface area (Å²) < 4.78 is 46.6. The largest absolute Gasteiger partial charge is 0.390 e. The molecule has 1 aliphatic rings. The molecule has 0 aliphatic carbocycles. The van der Waals surface area contributed by atoms with E-state index in [2.05, 4.69) is 4.74 Å². The first-order valence-corrected chi connectivity index (χ1v) is 5.93. The first-order valence-electron chi connectivity index (χ1n) is 5.53. The van der Waals surface area contributed by atoms with Crippen molar-refractivity contribution in [3.05, 3.63) is 27.1 Å². The number of H-pyrrole nitrogens is 1. The van der Waals surface area contributed by atoms with Gasteiger partial charge in [-0.15, -0.1) is 6.42 Å². The van der Waals surface area contributed by atoms with Crippen molar-refractivity contribution in [2.75, 3.05) is 6.61 Å². The SMILES string of the molecule is C#CC1(F)[C@@H](O)[C@@](F)(CO)O[C@H]1n1cc(F)c(=O)[nH]c1=S. The van der Waals surface area contributed by atoms with Gasteiger partial charge in [0.1, 0.15) is 6.61 Å². The van der Waals surface area contributed by atoms with Crippen LogP contribution in [0, 0.1) is 22.9 Å². The van der Waals surface area contributed by atoms with E-state index in [1.807, 2.05) is 4.98 Å². The van der Waals surface area contributed by atoms with Gasteiger partial charge in [-0.25, -0.2) is 8.78 Å². The number of nitrogens with zero attached hydrogens (tertiary/aromatic N) is 1. The van der Waals surface area contributed by atoms with E-state index < -0.39 is 46.6 Å². The summed E-state index contributed by atoms with van der Waals surface area (Å²) in [7, 11) is 0. The number of nitrogens with one attached hydrogen (secondary N) is 1. The van der Waals surface area contributed by atoms with Crippen LogP contribution in [0.15, 0.2) is 11.0 Å². The summed E-state index contributed by atoms with van der Waals surface area (Å²) in [5.41, 5.74) is -4.31. The van der Waals surface area contributed by atoms with Gasteiger partial charge in [0.05, 0.1) is 6.20 Å². The molecule has 0 spiro atoms. The van der Waals surface area contributed by atoms with Crippen LogP contribution in [0.3, 0.4) is 0 Å². The van der Waals surface area contributed by atoms with E-state index in [0.29, 0.717) is 10.8 Å². The third kappa shape index (κ3) is 2.18. The monoisotopic (exact) mass is 322 g/mol. The Bertz CT molecular complexity index is 729. The molecule has 6 nitrogen and oxygen atoms in total. The number of aliphatic hydroxyl groups excluding tert-OH is 2. The lowest BCUT2D eigenvalue weighted by atomic mass is 9.96. The molecule has 1 fully saturated rings. The Labute approximate surface area is 120 Å². The zero-order valence-electron chi connectivity index (χ0n) is 10.2. The first kappa shape index (κ1) is 15.7. The van der Waals surface area contributed by atoms with E-state index in [4.69, 9.17) is 23.7 Å². The molecule has 0 saturated carbocycles. The highest BCUT2D eigenvalue weighted by atomic mass is 32.1. The molecule has 1 saturated heterocycles. The van der Waals surface area contributed by atoms with Gasteiger partial charge in [0.25, 0.3) is 11.4 Å². The summed E-state index contributed by atoms with van der Waals surface area (Å²) in [6.07, 6.45) is 0.804. The van der Waals surface area contributed by atoms with E-state index in [1.165, 1.54) is 5.92 Å². The van der Waals surface area contributed by atoms with Gasteiger partial charge in [0.2, 0.25) is 11.5 Å². The van der Waals surface area contributed by atoms with Crippen LogP contribution in [-0.4, -0.2) is 44.0 Å². The summed E-state index contributed by atoms with van der Waals surface area (Å²) in [5, 5.41) is 18.5. The molecule has 2 rings (SSSR count). The molecule has 0 radical (unpaired) electrons. The molecule has 0 bridgehead atoms. The summed E-state index contributed by atoms with van der Waals surface area (Å²) >= 11 is 4.69. The van der Waals surface area contributed by atoms with Gasteiger partial charge >= 0.3 is 0 Å². The number of halogens is 3. The minimum atomic E-state index is -3.20. The third-order valence-corrected chi connectivity index (χ3v) is 3.40. The smallest absolute Gasteiger partial charge is 0.287 e. The molecule has 1 aromatic heterocycles. The second-order valence-electron chi connectivity index (χ2n) is 4.37. The van der Waals surface area contributed by atoms with Crippen LogP contribution < -0.4 is 5.56 Å². The second kappa shape index (κ2) is 4.96. The van der Waals surface area contributed by atoms with Crippen LogP contribution >= 0.6 is 12.2 Å². The number of alkyl halides is 2. The second-order valence-corrected chi connectivity index (χ2v) is 4.76. The Morgan fingerprint density at radius 2 is 2.24 bits per heavy atom. The lowest BCUT2D eigenvalue weighted by Gasteiger charge is -2.24. The van der Waals surface area contributed by atoms with Crippen molar-refractivity contribution in [1.82, 2.24) is 9.55 Å². The van der Waals surface area contributed by atoms with Gasteiger partial charge in [-0.2, -0.15) is 4.39 Å². The molecule has 10 heteroatoms. The van der Waals surface area contributed by atoms with Crippen molar-refractivity contribution in [1.29, 1.82) is 0 Å². The van der Waals surface area contributed by atoms with Crippen molar-refractivity contribution in [2.24, 2.45) is 0 Å². The van der Waals surface area contributed by atoms with Gasteiger partial charge in [-0.1, -0.05) is 5.92 Å². The maximum absolute atomic E-state index is 14.6. The number of hydrogen-bond donors (Lipinski definition) is 3. The van der Waals surface area contributed by atoms with Crippen molar-refractivity contribution in [3.63, 3.8) is 0 Å². The molecule has 4 atom stereocenters. The van der Waals surface area contributed by atoms with Crippen LogP contribution in [0.1, 0.15) is 6.23 Å². The average molecular weight is 322 g/mol. The van der Waals surface area contributed by atoms with Crippen molar-refractivity contribution >= 4 is 12.2 Å². The van der Waals surface area contributed by atoms with Gasteiger partial charge in [-0.05, 0) is 12.2 Å². The van der Waals surface area contributed by atoms with E-state index in [-0.39, 0.29) is 0 Å². The van der Waals surface area contributed by atoms with Crippen molar-refractivity contribution in [2.45, 2.75) is 23.9 Å². The zero-order chi connectivity index (χ0) is 16.0. The molecule has 114 valence electrons. The molecule has 3 N–H and O–H groups in total. The maximum atomic E-state index is 14.6. The lowest BCUT2D eigenvalue weighted by molar-refractivity contribution is -0.207. The minimum Gasteiger partial charge on any atom is -0.390 e.